The van der Waals surface area contributed by atoms with Crippen LogP contribution in [0.15, 0.2) is 36.4 Å². The molecule has 2 aromatic carbocycles. The monoisotopic (exact) mass is 287 g/mol. The third-order valence-electron chi connectivity index (χ3n) is 3.27. The standard InChI is InChI=1S/C17H21NO3/c1-12-5-6-17(21-4)13(7-12)11-18-14-8-15(19-2)10-16(9-14)20-3/h5-10,18H,11H2,1-4H3. The lowest BCUT2D eigenvalue weighted by Crippen LogP contribution is -2.02. The molecule has 0 aliphatic heterocycles. The third kappa shape index (κ3) is 3.81. The molecule has 0 aliphatic rings. The summed E-state index contributed by atoms with van der Waals surface area (Å²) >= 11 is 0. The van der Waals surface area contributed by atoms with Gasteiger partial charge in [-0.25, -0.2) is 0 Å². The van der Waals surface area contributed by atoms with Gasteiger partial charge in [-0.15, -0.1) is 0 Å². The minimum absolute atomic E-state index is 0.668. The molecule has 0 fully saturated rings. The van der Waals surface area contributed by atoms with E-state index in [0.717, 1.165) is 28.5 Å². The zero-order valence-electron chi connectivity index (χ0n) is 12.9. The summed E-state index contributed by atoms with van der Waals surface area (Å²) in [6.07, 6.45) is 0. The molecule has 0 radical (unpaired) electrons. The second-order valence-corrected chi connectivity index (χ2v) is 4.77. The van der Waals surface area contributed by atoms with Crippen LogP contribution in [0.1, 0.15) is 11.1 Å². The van der Waals surface area contributed by atoms with E-state index in [2.05, 4.69) is 18.3 Å². The van der Waals surface area contributed by atoms with E-state index in [1.165, 1.54) is 5.56 Å². The molecule has 0 unspecified atom stereocenters. The Morgan fingerprint density at radius 3 is 2.10 bits per heavy atom. The largest absolute Gasteiger partial charge is 0.497 e. The molecule has 21 heavy (non-hydrogen) atoms. The van der Waals surface area contributed by atoms with E-state index in [9.17, 15) is 0 Å². The molecule has 0 saturated heterocycles. The summed E-state index contributed by atoms with van der Waals surface area (Å²) in [5.41, 5.74) is 3.25. The fourth-order valence-corrected chi connectivity index (χ4v) is 2.15. The molecule has 112 valence electrons. The smallest absolute Gasteiger partial charge is 0.124 e. The maximum absolute atomic E-state index is 5.39. The van der Waals surface area contributed by atoms with Gasteiger partial charge in [-0.2, -0.15) is 0 Å². The number of benzene rings is 2. The number of hydrogen-bond donors (Lipinski definition) is 1. The molecule has 1 N–H and O–H groups in total. The molecule has 4 nitrogen and oxygen atoms in total. The SMILES string of the molecule is COc1cc(NCc2cc(C)ccc2OC)cc(OC)c1. The molecular formula is C17H21NO3. The maximum atomic E-state index is 5.39. The van der Waals surface area contributed by atoms with Crippen LogP contribution in [-0.2, 0) is 6.54 Å². The molecule has 2 aromatic rings. The summed E-state index contributed by atoms with van der Waals surface area (Å²) in [4.78, 5) is 0. The first-order valence-electron chi connectivity index (χ1n) is 6.76. The third-order valence-corrected chi connectivity index (χ3v) is 3.27. The molecule has 4 heteroatoms. The number of methoxy groups -OCH3 is 3. The quantitative estimate of drug-likeness (QED) is 0.880. The van der Waals surface area contributed by atoms with Gasteiger partial charge in [0.2, 0.25) is 0 Å². The Morgan fingerprint density at radius 1 is 0.857 bits per heavy atom. The predicted octanol–water partition coefficient (Wildman–Crippen LogP) is 3.63. The molecular weight excluding hydrogens is 266 g/mol. The lowest BCUT2D eigenvalue weighted by Gasteiger charge is -2.13. The van der Waals surface area contributed by atoms with Gasteiger partial charge < -0.3 is 19.5 Å². The highest BCUT2D eigenvalue weighted by Crippen LogP contribution is 2.27. The Labute approximate surface area is 125 Å². The van der Waals surface area contributed by atoms with Gasteiger partial charge in [0.05, 0.1) is 21.3 Å². The van der Waals surface area contributed by atoms with Crippen molar-refractivity contribution in [3.8, 4) is 17.2 Å². The first kappa shape index (κ1) is 15.0. The van der Waals surface area contributed by atoms with Crippen molar-refractivity contribution in [3.05, 3.63) is 47.5 Å². The van der Waals surface area contributed by atoms with Crippen LogP contribution in [0.5, 0.6) is 17.2 Å². The molecule has 2 rings (SSSR count). The van der Waals surface area contributed by atoms with Gasteiger partial charge in [-0.1, -0.05) is 17.7 Å². The molecule has 0 heterocycles. The summed E-state index contributed by atoms with van der Waals surface area (Å²) in [5, 5.41) is 3.37. The molecule has 0 aliphatic carbocycles. The van der Waals surface area contributed by atoms with Crippen molar-refractivity contribution in [2.75, 3.05) is 26.6 Å². The predicted molar refractivity (Wildman–Crippen MR) is 84.6 cm³/mol. The van der Waals surface area contributed by atoms with Gasteiger partial charge in [0.25, 0.3) is 0 Å². The fourth-order valence-electron chi connectivity index (χ4n) is 2.15. The second kappa shape index (κ2) is 6.88. The van der Waals surface area contributed by atoms with Crippen LogP contribution in [0.2, 0.25) is 0 Å². The molecule has 0 aromatic heterocycles. The average Bonchev–Trinajstić information content (AvgIpc) is 2.52. The van der Waals surface area contributed by atoms with Crippen molar-refractivity contribution in [2.45, 2.75) is 13.5 Å². The molecule has 0 amide bonds. The Morgan fingerprint density at radius 2 is 1.52 bits per heavy atom. The van der Waals surface area contributed by atoms with Gasteiger partial charge >= 0.3 is 0 Å². The topological polar surface area (TPSA) is 39.7 Å². The number of ether oxygens (including phenoxy) is 3. The van der Waals surface area contributed by atoms with Crippen LogP contribution in [-0.4, -0.2) is 21.3 Å². The molecule has 0 atom stereocenters. The zero-order valence-corrected chi connectivity index (χ0v) is 12.9. The molecule has 0 spiro atoms. The highest BCUT2D eigenvalue weighted by atomic mass is 16.5. The summed E-state index contributed by atoms with van der Waals surface area (Å²) in [7, 11) is 4.97. The zero-order chi connectivity index (χ0) is 15.2. The number of nitrogens with one attached hydrogen (secondary N) is 1. The maximum Gasteiger partial charge on any atom is 0.124 e. The van der Waals surface area contributed by atoms with Crippen LogP contribution in [0.4, 0.5) is 5.69 Å². The van der Waals surface area contributed by atoms with E-state index < -0.39 is 0 Å². The molecule has 0 saturated carbocycles. The Balaban J connectivity index is 2.18. The highest BCUT2D eigenvalue weighted by Gasteiger charge is 2.05. The number of rotatable bonds is 6. The highest BCUT2D eigenvalue weighted by molar-refractivity contribution is 5.54. The van der Waals surface area contributed by atoms with Crippen molar-refractivity contribution < 1.29 is 14.2 Å². The summed E-state index contributed by atoms with van der Waals surface area (Å²) in [6.45, 7) is 2.73. The van der Waals surface area contributed by atoms with Crippen molar-refractivity contribution in [1.29, 1.82) is 0 Å². The summed E-state index contributed by atoms with van der Waals surface area (Å²) in [5.74, 6) is 2.39. The van der Waals surface area contributed by atoms with E-state index in [4.69, 9.17) is 14.2 Å². The van der Waals surface area contributed by atoms with E-state index in [1.54, 1.807) is 21.3 Å². The van der Waals surface area contributed by atoms with E-state index >= 15 is 0 Å². The Kier molecular flexibility index (Phi) is 4.93. The first-order chi connectivity index (χ1) is 10.2. The second-order valence-electron chi connectivity index (χ2n) is 4.77. The number of anilines is 1. The van der Waals surface area contributed by atoms with Gasteiger partial charge in [-0.3, -0.25) is 0 Å². The van der Waals surface area contributed by atoms with Crippen LogP contribution >= 0.6 is 0 Å². The normalized spacial score (nSPS) is 10.1. The minimum atomic E-state index is 0.668. The summed E-state index contributed by atoms with van der Waals surface area (Å²) in [6, 6.07) is 11.9. The Bertz CT molecular complexity index is 589. The van der Waals surface area contributed by atoms with Crippen LogP contribution in [0.3, 0.4) is 0 Å². The van der Waals surface area contributed by atoms with E-state index in [-0.39, 0.29) is 0 Å². The average molecular weight is 287 g/mol. The van der Waals surface area contributed by atoms with Crippen LogP contribution in [0.25, 0.3) is 0 Å². The van der Waals surface area contributed by atoms with Crippen molar-refractivity contribution in [1.82, 2.24) is 0 Å². The minimum Gasteiger partial charge on any atom is -0.497 e. The van der Waals surface area contributed by atoms with Crippen molar-refractivity contribution in [3.63, 3.8) is 0 Å². The van der Waals surface area contributed by atoms with Crippen molar-refractivity contribution in [2.24, 2.45) is 0 Å². The van der Waals surface area contributed by atoms with Gasteiger partial charge in [-0.05, 0) is 13.0 Å². The number of aryl methyl sites for hydroxylation is 1. The van der Waals surface area contributed by atoms with Gasteiger partial charge in [0, 0.05) is 36.0 Å². The van der Waals surface area contributed by atoms with E-state index in [1.807, 2.05) is 30.3 Å². The lowest BCUT2D eigenvalue weighted by molar-refractivity contribution is 0.394. The Hall–Kier alpha value is -2.36. The first-order valence-corrected chi connectivity index (χ1v) is 6.76. The summed E-state index contributed by atoms with van der Waals surface area (Å²) < 4.78 is 15.9. The van der Waals surface area contributed by atoms with E-state index in [0.29, 0.717) is 6.54 Å². The van der Waals surface area contributed by atoms with Crippen molar-refractivity contribution >= 4 is 5.69 Å². The molecule has 0 bridgehead atoms. The van der Waals surface area contributed by atoms with Crippen LogP contribution < -0.4 is 19.5 Å². The van der Waals surface area contributed by atoms with Gasteiger partial charge in [0.15, 0.2) is 0 Å². The fraction of sp³-hybridized carbons (Fsp3) is 0.294. The number of hydrogen-bond acceptors (Lipinski definition) is 4. The van der Waals surface area contributed by atoms with Gasteiger partial charge in [0.1, 0.15) is 17.2 Å². The van der Waals surface area contributed by atoms with Crippen LogP contribution in [0, 0.1) is 6.92 Å². The lowest BCUT2D eigenvalue weighted by atomic mass is 10.1.